The number of nitrogens with one attached hydrogen (secondary N) is 1. The van der Waals surface area contributed by atoms with E-state index in [2.05, 4.69) is 41.2 Å². The van der Waals surface area contributed by atoms with E-state index in [1.165, 1.54) is 12.4 Å². The number of carbonyl (C=O) groups excluding carboxylic acids is 1. The third-order valence-corrected chi connectivity index (χ3v) is 6.91. The number of hydrogen-bond acceptors (Lipinski definition) is 8. The van der Waals surface area contributed by atoms with Crippen LogP contribution in [0.5, 0.6) is 0 Å². The van der Waals surface area contributed by atoms with Gasteiger partial charge in [-0.2, -0.15) is 0 Å². The second-order valence-corrected chi connectivity index (χ2v) is 10.5. The number of ketones is 1. The number of halogens is 2. The maximum Gasteiger partial charge on any atom is 0.368 e. The van der Waals surface area contributed by atoms with Crippen LogP contribution in [0, 0.1) is 10.1 Å². The third kappa shape index (κ3) is 6.82. The van der Waals surface area contributed by atoms with E-state index in [1.807, 2.05) is 26.2 Å². The summed E-state index contributed by atoms with van der Waals surface area (Å²) in [5.41, 5.74) is 2.68. The van der Waals surface area contributed by atoms with Crippen LogP contribution in [0.2, 0.25) is 5.02 Å². The summed E-state index contributed by atoms with van der Waals surface area (Å²) in [5, 5.41) is 15.7. The minimum atomic E-state index is -0.450. The Morgan fingerprint density at radius 1 is 1.27 bits per heavy atom. The number of likely N-dealkylation sites (N-methyl/N-ethyl adjacent to an activating group) is 1. The quantitative estimate of drug-likeness (QED) is 0.155. The number of benzene rings is 1. The highest BCUT2D eigenvalue weighted by Gasteiger charge is 2.28. The van der Waals surface area contributed by atoms with Gasteiger partial charge in [-0.3, -0.25) is 9.78 Å². The highest BCUT2D eigenvalue weighted by molar-refractivity contribution is 9.10. The van der Waals surface area contributed by atoms with E-state index in [0.717, 1.165) is 15.5 Å². The summed E-state index contributed by atoms with van der Waals surface area (Å²) < 4.78 is 1.25. The Morgan fingerprint density at radius 3 is 2.84 bits per heavy atom. The molecule has 0 fully saturated rings. The first kappa shape index (κ1) is 26.5. The summed E-state index contributed by atoms with van der Waals surface area (Å²) in [5.74, 6) is 0.398. The van der Waals surface area contributed by atoms with Crippen molar-refractivity contribution >= 4 is 61.9 Å². The number of nitrogens with zero attached hydrogens (tertiary/aromatic N) is 6. The first-order valence-electron chi connectivity index (χ1n) is 11.3. The molecule has 37 heavy (non-hydrogen) atoms. The molecule has 3 heterocycles. The summed E-state index contributed by atoms with van der Waals surface area (Å²) in [7, 11) is 3.91. The number of pyridine rings is 1. The van der Waals surface area contributed by atoms with Gasteiger partial charge >= 0.3 is 5.82 Å². The molecule has 2 aromatic heterocycles. The van der Waals surface area contributed by atoms with Crippen LogP contribution in [0.1, 0.15) is 12.1 Å². The van der Waals surface area contributed by atoms with E-state index in [9.17, 15) is 14.9 Å². The summed E-state index contributed by atoms with van der Waals surface area (Å²) >= 11 is 9.58. The Labute approximate surface area is 226 Å². The molecule has 0 unspecified atom stereocenters. The smallest absolute Gasteiger partial charge is 0.358 e. The lowest BCUT2D eigenvalue weighted by Gasteiger charge is -2.28. The number of anilines is 2. The number of aliphatic imine (C=N–C) groups is 1. The average molecular weight is 586 g/mol. The SMILES string of the molecule is C[N+](C)(C/C=C/C(=O)Cc1cc2c(Nc3ccc(Br)c(Cl)c3)ncnc2cn1)CC1=C([N+](=O)[O-])N=CC1. The molecule has 12 heteroatoms. The molecule has 4 rings (SSSR count). The van der Waals surface area contributed by atoms with E-state index in [-0.39, 0.29) is 18.0 Å². The molecule has 1 aromatic carbocycles. The fraction of sp³-hybridized carbons (Fsp3) is 0.240. The Hall–Kier alpha value is -3.54. The molecule has 1 aliphatic heterocycles. The van der Waals surface area contributed by atoms with Crippen molar-refractivity contribution in [1.29, 1.82) is 0 Å². The first-order chi connectivity index (χ1) is 17.6. The van der Waals surface area contributed by atoms with E-state index in [4.69, 9.17) is 11.6 Å². The Kier molecular flexibility index (Phi) is 8.06. The van der Waals surface area contributed by atoms with E-state index < -0.39 is 4.92 Å². The van der Waals surface area contributed by atoms with Gasteiger partial charge in [-0.15, -0.1) is 0 Å². The number of carbonyl (C=O) groups is 1. The lowest BCUT2D eigenvalue weighted by Crippen LogP contribution is -2.41. The zero-order valence-electron chi connectivity index (χ0n) is 20.2. The summed E-state index contributed by atoms with van der Waals surface area (Å²) in [6, 6.07) is 7.29. The molecular formula is C25H24BrClN7O3+. The third-order valence-electron chi connectivity index (χ3n) is 5.68. The second-order valence-electron chi connectivity index (χ2n) is 9.19. The van der Waals surface area contributed by atoms with Crippen LogP contribution in [0.3, 0.4) is 0 Å². The van der Waals surface area contributed by atoms with Gasteiger partial charge in [-0.1, -0.05) is 16.6 Å². The van der Waals surface area contributed by atoms with Gasteiger partial charge in [0.15, 0.2) is 5.78 Å². The minimum absolute atomic E-state index is 0.0743. The van der Waals surface area contributed by atoms with Crippen molar-refractivity contribution in [3.63, 3.8) is 0 Å². The van der Waals surface area contributed by atoms with Crippen LogP contribution < -0.4 is 5.32 Å². The van der Waals surface area contributed by atoms with Crippen molar-refractivity contribution in [1.82, 2.24) is 15.0 Å². The van der Waals surface area contributed by atoms with Crippen molar-refractivity contribution in [3.05, 3.63) is 85.6 Å². The van der Waals surface area contributed by atoms with Gasteiger partial charge < -0.3 is 19.9 Å². The number of hydrogen-bond donors (Lipinski definition) is 1. The molecule has 0 atom stereocenters. The minimum Gasteiger partial charge on any atom is -0.358 e. The normalized spacial score (nSPS) is 13.6. The van der Waals surface area contributed by atoms with Gasteiger partial charge in [0.1, 0.15) is 24.9 Å². The van der Waals surface area contributed by atoms with Crippen LogP contribution in [0.4, 0.5) is 11.5 Å². The number of quaternary nitrogens is 1. The molecule has 0 aliphatic carbocycles. The standard InChI is InChI=1S/C25H24BrClN7O3/c1-34(2,14-16-7-8-28-25(16)33(36)37)9-3-4-19(35)10-18-11-20-23(13-29-18)30-15-31-24(20)32-17-5-6-21(26)22(27)12-17/h3-6,8,11-13,15H,7,9-10,14H2,1-2H3,(H,30,31,32)/q+1/b4-3+. The molecule has 10 nitrogen and oxygen atoms in total. The van der Waals surface area contributed by atoms with Crippen molar-refractivity contribution in [2.45, 2.75) is 12.8 Å². The number of nitro groups is 1. The van der Waals surface area contributed by atoms with Crippen LogP contribution in [0.15, 0.2) is 69.8 Å². The summed E-state index contributed by atoms with van der Waals surface area (Å²) in [6.07, 6.45) is 8.54. The van der Waals surface area contributed by atoms with E-state index in [0.29, 0.717) is 51.6 Å². The number of rotatable bonds is 10. The molecule has 190 valence electrons. The predicted octanol–water partition coefficient (Wildman–Crippen LogP) is 4.89. The monoisotopic (exact) mass is 584 g/mol. The molecule has 0 bridgehead atoms. The Bertz CT molecular complexity index is 1470. The van der Waals surface area contributed by atoms with Crippen molar-refractivity contribution in [3.8, 4) is 0 Å². The van der Waals surface area contributed by atoms with Crippen molar-refractivity contribution < 1.29 is 14.2 Å². The van der Waals surface area contributed by atoms with Crippen LogP contribution in [0.25, 0.3) is 10.9 Å². The molecule has 0 amide bonds. The predicted molar refractivity (Wildman–Crippen MR) is 147 cm³/mol. The fourth-order valence-electron chi connectivity index (χ4n) is 3.93. The highest BCUT2D eigenvalue weighted by Crippen LogP contribution is 2.29. The summed E-state index contributed by atoms with van der Waals surface area (Å²) in [6.45, 7) is 1.00. The molecule has 3 aromatic rings. The maximum atomic E-state index is 12.6. The highest BCUT2D eigenvalue weighted by atomic mass is 79.9. The van der Waals surface area contributed by atoms with Crippen molar-refractivity contribution in [2.75, 3.05) is 32.5 Å². The van der Waals surface area contributed by atoms with Crippen LogP contribution in [-0.2, 0) is 11.2 Å². The van der Waals surface area contributed by atoms with Gasteiger partial charge in [0, 0.05) is 27.7 Å². The molecule has 0 radical (unpaired) electrons. The Morgan fingerprint density at radius 2 is 2.08 bits per heavy atom. The number of fused-ring (bicyclic) bond motifs is 1. The zero-order valence-corrected chi connectivity index (χ0v) is 22.5. The maximum absolute atomic E-state index is 12.6. The lowest BCUT2D eigenvalue weighted by atomic mass is 10.1. The molecule has 1 N–H and O–H groups in total. The van der Waals surface area contributed by atoms with Crippen molar-refractivity contribution in [2.24, 2.45) is 4.99 Å². The van der Waals surface area contributed by atoms with E-state index in [1.54, 1.807) is 30.6 Å². The fourth-order valence-corrected chi connectivity index (χ4v) is 4.36. The van der Waals surface area contributed by atoms with Crippen LogP contribution >= 0.6 is 27.5 Å². The van der Waals surface area contributed by atoms with Crippen LogP contribution in [-0.4, -0.2) is 63.5 Å². The zero-order chi connectivity index (χ0) is 26.6. The van der Waals surface area contributed by atoms with Gasteiger partial charge in [0.05, 0.1) is 49.4 Å². The molecule has 0 saturated heterocycles. The van der Waals surface area contributed by atoms with Gasteiger partial charge in [-0.25, -0.2) is 9.97 Å². The lowest BCUT2D eigenvalue weighted by molar-refractivity contribution is -0.880. The van der Waals surface area contributed by atoms with Gasteiger partial charge in [-0.05, 0) is 57.3 Å². The number of aromatic nitrogens is 3. The molecule has 0 saturated carbocycles. The molecule has 0 spiro atoms. The van der Waals surface area contributed by atoms with E-state index >= 15 is 0 Å². The van der Waals surface area contributed by atoms with Gasteiger partial charge in [0.2, 0.25) is 0 Å². The topological polar surface area (TPSA) is 123 Å². The largest absolute Gasteiger partial charge is 0.368 e. The van der Waals surface area contributed by atoms with Gasteiger partial charge in [0.25, 0.3) is 0 Å². The molecular weight excluding hydrogens is 562 g/mol. The number of allylic oxidation sites excluding steroid dienone is 1. The Balaban J connectivity index is 1.42. The summed E-state index contributed by atoms with van der Waals surface area (Å²) in [4.78, 5) is 40.2. The molecule has 1 aliphatic rings. The average Bonchev–Trinajstić information content (AvgIpc) is 3.29. The first-order valence-corrected chi connectivity index (χ1v) is 12.5. The second kappa shape index (κ2) is 11.2.